The molecule has 1 N–H and O–H groups in total. The zero-order valence-corrected chi connectivity index (χ0v) is 8.38. The molecular formula is C9H20N2O. The topological polar surface area (TPSA) is 26.7 Å². The smallest absolute Gasteiger partial charge is 0.0798 e. The molecule has 1 fully saturated rings. The predicted molar refractivity (Wildman–Crippen MR) is 50.2 cm³/mol. The summed E-state index contributed by atoms with van der Waals surface area (Å²) in [6.07, 6.45) is 1.82. The number of nitrogens with zero attached hydrogens (tertiary/aromatic N) is 2. The number of hydrogen-bond acceptors (Lipinski definition) is 3. The first kappa shape index (κ1) is 9.96. The van der Waals surface area contributed by atoms with E-state index in [4.69, 9.17) is 0 Å². The Morgan fingerprint density at radius 3 is 2.58 bits per heavy atom. The van der Waals surface area contributed by atoms with E-state index in [-0.39, 0.29) is 0 Å². The molecule has 3 nitrogen and oxygen atoms in total. The van der Waals surface area contributed by atoms with Crippen LogP contribution >= 0.6 is 0 Å². The molecule has 1 aliphatic heterocycles. The maximum absolute atomic E-state index is 10.0. The minimum atomic E-state index is -0.418. The Morgan fingerprint density at radius 2 is 2.17 bits per heavy atom. The molecule has 0 aromatic heterocycles. The summed E-state index contributed by atoms with van der Waals surface area (Å²) >= 11 is 0. The molecule has 1 aliphatic rings. The molecule has 0 radical (unpaired) electrons. The fourth-order valence-corrected chi connectivity index (χ4v) is 1.70. The number of likely N-dealkylation sites (tertiary alicyclic amines) is 1. The number of aliphatic hydroxyl groups is 1. The summed E-state index contributed by atoms with van der Waals surface area (Å²) in [5.74, 6) is 0. The number of hydrogen-bond donors (Lipinski definition) is 1. The maximum atomic E-state index is 10.0. The Morgan fingerprint density at radius 1 is 1.50 bits per heavy atom. The van der Waals surface area contributed by atoms with Crippen molar-refractivity contribution >= 4 is 0 Å². The first-order valence-electron chi connectivity index (χ1n) is 4.57. The number of β-amino-alcohol motifs (C(OH)–C–C–N with tert-alkyl or cyclic N) is 1. The van der Waals surface area contributed by atoms with Gasteiger partial charge in [-0.25, -0.2) is 0 Å². The molecule has 0 bridgehead atoms. The quantitative estimate of drug-likeness (QED) is 0.649. The fraction of sp³-hybridized carbons (Fsp3) is 1.00. The minimum Gasteiger partial charge on any atom is -0.388 e. The average molecular weight is 172 g/mol. The van der Waals surface area contributed by atoms with Crippen molar-refractivity contribution in [2.24, 2.45) is 0 Å². The van der Waals surface area contributed by atoms with Gasteiger partial charge in [-0.3, -0.25) is 0 Å². The number of likely N-dealkylation sites (N-methyl/N-ethyl adjacent to an activating group) is 1. The second-order valence-corrected chi connectivity index (χ2v) is 4.27. The zero-order chi connectivity index (χ0) is 9.19. The third kappa shape index (κ3) is 2.73. The Bertz CT molecular complexity index is 149. The van der Waals surface area contributed by atoms with Crippen LogP contribution in [0.25, 0.3) is 0 Å². The Labute approximate surface area is 75.0 Å². The van der Waals surface area contributed by atoms with E-state index in [1.165, 1.54) is 0 Å². The summed E-state index contributed by atoms with van der Waals surface area (Å²) in [4.78, 5) is 4.31. The Kier molecular flexibility index (Phi) is 3.09. The lowest BCUT2D eigenvalue weighted by atomic mass is 9.99. The summed E-state index contributed by atoms with van der Waals surface area (Å²) in [6, 6.07) is 0. The maximum Gasteiger partial charge on any atom is 0.0798 e. The van der Waals surface area contributed by atoms with Crippen LogP contribution in [0.4, 0.5) is 0 Å². The third-order valence-corrected chi connectivity index (χ3v) is 2.55. The first-order chi connectivity index (χ1) is 5.52. The molecule has 0 aliphatic carbocycles. The summed E-state index contributed by atoms with van der Waals surface area (Å²) in [5.41, 5.74) is -0.418. The summed E-state index contributed by atoms with van der Waals surface area (Å²) in [5, 5.41) is 10.0. The van der Waals surface area contributed by atoms with Crippen LogP contribution in [0.5, 0.6) is 0 Å². The van der Waals surface area contributed by atoms with Crippen LogP contribution in [0, 0.1) is 0 Å². The van der Waals surface area contributed by atoms with Gasteiger partial charge < -0.3 is 14.9 Å². The largest absolute Gasteiger partial charge is 0.388 e. The molecule has 0 aromatic rings. The minimum absolute atomic E-state index is 0.418. The van der Waals surface area contributed by atoms with Gasteiger partial charge in [0.1, 0.15) is 0 Å². The molecule has 0 amide bonds. The summed E-state index contributed by atoms with van der Waals surface area (Å²) in [7, 11) is 6.15. The van der Waals surface area contributed by atoms with E-state index < -0.39 is 5.60 Å². The highest BCUT2D eigenvalue weighted by Crippen LogP contribution is 2.23. The summed E-state index contributed by atoms with van der Waals surface area (Å²) in [6.45, 7) is 2.84. The van der Waals surface area contributed by atoms with Crippen molar-refractivity contribution in [3.63, 3.8) is 0 Å². The molecule has 1 rings (SSSR count). The lowest BCUT2D eigenvalue weighted by Crippen LogP contribution is -2.35. The molecule has 1 unspecified atom stereocenters. The van der Waals surface area contributed by atoms with E-state index in [2.05, 4.69) is 16.8 Å². The van der Waals surface area contributed by atoms with Gasteiger partial charge in [0.05, 0.1) is 5.60 Å². The lowest BCUT2D eigenvalue weighted by molar-refractivity contribution is 0.0366. The summed E-state index contributed by atoms with van der Waals surface area (Å²) < 4.78 is 0. The van der Waals surface area contributed by atoms with Gasteiger partial charge in [0.15, 0.2) is 0 Å². The monoisotopic (exact) mass is 172 g/mol. The van der Waals surface area contributed by atoms with E-state index >= 15 is 0 Å². The van der Waals surface area contributed by atoms with Crippen molar-refractivity contribution in [1.29, 1.82) is 0 Å². The van der Waals surface area contributed by atoms with Crippen LogP contribution < -0.4 is 0 Å². The van der Waals surface area contributed by atoms with Crippen LogP contribution in [0.15, 0.2) is 0 Å². The van der Waals surface area contributed by atoms with E-state index in [0.29, 0.717) is 0 Å². The van der Waals surface area contributed by atoms with Gasteiger partial charge in [0, 0.05) is 19.6 Å². The van der Waals surface area contributed by atoms with Crippen molar-refractivity contribution in [2.45, 2.75) is 18.4 Å². The SMILES string of the molecule is CN(C)CCC1(O)CCN(C)C1. The highest BCUT2D eigenvalue weighted by atomic mass is 16.3. The van der Waals surface area contributed by atoms with Gasteiger partial charge in [-0.05, 0) is 34.0 Å². The van der Waals surface area contributed by atoms with Crippen LogP contribution in [-0.2, 0) is 0 Å². The van der Waals surface area contributed by atoms with Crippen LogP contribution in [-0.4, -0.2) is 61.3 Å². The average Bonchev–Trinajstić information content (AvgIpc) is 2.29. The Balaban J connectivity index is 2.30. The van der Waals surface area contributed by atoms with Gasteiger partial charge in [-0.2, -0.15) is 0 Å². The molecule has 12 heavy (non-hydrogen) atoms. The molecule has 1 saturated heterocycles. The molecule has 0 saturated carbocycles. The highest BCUT2D eigenvalue weighted by molar-refractivity contribution is 4.88. The first-order valence-corrected chi connectivity index (χ1v) is 4.57. The van der Waals surface area contributed by atoms with Crippen LogP contribution in [0.3, 0.4) is 0 Å². The van der Waals surface area contributed by atoms with Crippen molar-refractivity contribution < 1.29 is 5.11 Å². The Hall–Kier alpha value is -0.120. The van der Waals surface area contributed by atoms with Gasteiger partial charge in [-0.15, -0.1) is 0 Å². The van der Waals surface area contributed by atoms with E-state index in [9.17, 15) is 5.11 Å². The van der Waals surface area contributed by atoms with Gasteiger partial charge >= 0.3 is 0 Å². The van der Waals surface area contributed by atoms with Crippen LogP contribution in [0.2, 0.25) is 0 Å². The highest BCUT2D eigenvalue weighted by Gasteiger charge is 2.33. The molecule has 0 aromatic carbocycles. The normalized spacial score (nSPS) is 31.8. The fourth-order valence-electron chi connectivity index (χ4n) is 1.70. The molecule has 0 spiro atoms. The molecule has 1 atom stereocenters. The van der Waals surface area contributed by atoms with E-state index in [1.807, 2.05) is 14.1 Å². The predicted octanol–water partition coefficient (Wildman–Crippen LogP) is 0.00470. The number of rotatable bonds is 3. The van der Waals surface area contributed by atoms with Gasteiger partial charge in [0.25, 0.3) is 0 Å². The molecule has 1 heterocycles. The zero-order valence-electron chi connectivity index (χ0n) is 8.38. The second-order valence-electron chi connectivity index (χ2n) is 4.27. The van der Waals surface area contributed by atoms with Crippen molar-refractivity contribution in [2.75, 3.05) is 40.8 Å². The molecule has 72 valence electrons. The molecular weight excluding hydrogens is 152 g/mol. The van der Waals surface area contributed by atoms with Crippen molar-refractivity contribution in [3.05, 3.63) is 0 Å². The standard InChI is InChI=1S/C9H20N2O/c1-10(2)6-4-9(12)5-7-11(3)8-9/h12H,4-8H2,1-3H3. The van der Waals surface area contributed by atoms with Crippen molar-refractivity contribution in [3.8, 4) is 0 Å². The van der Waals surface area contributed by atoms with E-state index in [0.717, 1.165) is 32.5 Å². The van der Waals surface area contributed by atoms with E-state index in [1.54, 1.807) is 0 Å². The van der Waals surface area contributed by atoms with Gasteiger partial charge in [-0.1, -0.05) is 0 Å². The van der Waals surface area contributed by atoms with Gasteiger partial charge in [0.2, 0.25) is 0 Å². The lowest BCUT2D eigenvalue weighted by Gasteiger charge is -2.24. The van der Waals surface area contributed by atoms with Crippen LogP contribution in [0.1, 0.15) is 12.8 Å². The molecule has 3 heteroatoms. The second kappa shape index (κ2) is 3.73. The van der Waals surface area contributed by atoms with Crippen molar-refractivity contribution in [1.82, 2.24) is 9.80 Å². The third-order valence-electron chi connectivity index (χ3n) is 2.55.